The molecule has 2 aromatic rings. The highest BCUT2D eigenvalue weighted by Crippen LogP contribution is 2.26. The molecule has 20 heavy (non-hydrogen) atoms. The van der Waals surface area contributed by atoms with Gasteiger partial charge in [0.05, 0.1) is 38.6 Å². The fourth-order valence-electron chi connectivity index (χ4n) is 1.61. The third-order valence-corrected chi connectivity index (χ3v) is 3.29. The van der Waals surface area contributed by atoms with Gasteiger partial charge in [-0.15, -0.1) is 0 Å². The molecule has 1 amide bonds. The molecule has 0 heterocycles. The van der Waals surface area contributed by atoms with Crippen molar-refractivity contribution in [2.75, 3.05) is 11.1 Å². The van der Waals surface area contributed by atoms with Crippen molar-refractivity contribution in [3.63, 3.8) is 0 Å². The van der Waals surface area contributed by atoms with E-state index in [1.54, 1.807) is 30.3 Å². The third kappa shape index (κ3) is 2.85. The van der Waals surface area contributed by atoms with E-state index in [9.17, 15) is 4.79 Å². The Labute approximate surface area is 125 Å². The lowest BCUT2D eigenvalue weighted by molar-refractivity contribution is 0.102. The van der Waals surface area contributed by atoms with Gasteiger partial charge in [0.15, 0.2) is 0 Å². The number of nitriles is 1. The van der Waals surface area contributed by atoms with E-state index in [2.05, 4.69) is 5.32 Å². The van der Waals surface area contributed by atoms with Gasteiger partial charge in [-0.05, 0) is 30.3 Å². The van der Waals surface area contributed by atoms with Crippen LogP contribution in [-0.4, -0.2) is 5.91 Å². The first-order chi connectivity index (χ1) is 9.52. The van der Waals surface area contributed by atoms with Crippen LogP contribution in [-0.2, 0) is 0 Å². The van der Waals surface area contributed by atoms with Gasteiger partial charge in [0, 0.05) is 0 Å². The Kier molecular flexibility index (Phi) is 4.14. The summed E-state index contributed by atoms with van der Waals surface area (Å²) in [5.41, 5.74) is 7.03. The fraction of sp³-hybridized carbons (Fsp3) is 0. The summed E-state index contributed by atoms with van der Waals surface area (Å²) in [6, 6.07) is 11.3. The summed E-state index contributed by atoms with van der Waals surface area (Å²) in [5.74, 6) is -0.420. The van der Waals surface area contributed by atoms with Crippen LogP contribution in [0.15, 0.2) is 36.4 Å². The zero-order chi connectivity index (χ0) is 14.7. The number of carbonyl (C=O) groups excluding carboxylic acids is 1. The molecule has 0 aliphatic heterocycles. The van der Waals surface area contributed by atoms with E-state index in [1.807, 2.05) is 6.07 Å². The Morgan fingerprint density at radius 2 is 1.95 bits per heavy atom. The summed E-state index contributed by atoms with van der Waals surface area (Å²) in [5, 5.41) is 12.0. The highest BCUT2D eigenvalue weighted by atomic mass is 35.5. The molecule has 100 valence electrons. The molecule has 2 rings (SSSR count). The third-order valence-electron chi connectivity index (χ3n) is 2.64. The lowest BCUT2D eigenvalue weighted by Gasteiger charge is -2.10. The maximum Gasteiger partial charge on any atom is 0.257 e. The number of para-hydroxylation sites is 1. The van der Waals surface area contributed by atoms with Gasteiger partial charge >= 0.3 is 0 Å². The molecule has 0 saturated carbocycles. The number of carbonyl (C=O) groups is 1. The van der Waals surface area contributed by atoms with E-state index >= 15 is 0 Å². The van der Waals surface area contributed by atoms with Gasteiger partial charge in [0.25, 0.3) is 5.91 Å². The molecular weight excluding hydrogens is 297 g/mol. The van der Waals surface area contributed by atoms with Gasteiger partial charge in [-0.25, -0.2) is 0 Å². The molecule has 3 N–H and O–H groups in total. The van der Waals surface area contributed by atoms with E-state index in [1.165, 1.54) is 6.07 Å². The van der Waals surface area contributed by atoms with Crippen LogP contribution in [0.1, 0.15) is 15.9 Å². The average Bonchev–Trinajstić information content (AvgIpc) is 2.44. The minimum Gasteiger partial charge on any atom is -0.397 e. The SMILES string of the molecule is N#Cc1ccc(NC(=O)c2cccc(Cl)c2N)c(Cl)c1. The molecule has 0 unspecified atom stereocenters. The number of rotatable bonds is 2. The minimum absolute atomic E-state index is 0.205. The predicted molar refractivity (Wildman–Crippen MR) is 80.0 cm³/mol. The number of hydrogen-bond acceptors (Lipinski definition) is 3. The molecule has 0 aliphatic carbocycles. The second-order valence-electron chi connectivity index (χ2n) is 3.96. The first-order valence-corrected chi connectivity index (χ1v) is 6.33. The number of nitrogen functional groups attached to an aromatic ring is 1. The smallest absolute Gasteiger partial charge is 0.257 e. The quantitative estimate of drug-likeness (QED) is 0.830. The van der Waals surface area contributed by atoms with Crippen molar-refractivity contribution in [1.82, 2.24) is 0 Å². The maximum absolute atomic E-state index is 12.1. The van der Waals surface area contributed by atoms with Crippen molar-refractivity contribution < 1.29 is 4.79 Å². The molecule has 0 spiro atoms. The Hall–Kier alpha value is -2.22. The van der Waals surface area contributed by atoms with Crippen molar-refractivity contribution in [2.24, 2.45) is 0 Å². The number of halogens is 2. The Bertz CT molecular complexity index is 723. The molecule has 6 heteroatoms. The second kappa shape index (κ2) is 5.83. The summed E-state index contributed by atoms with van der Waals surface area (Å²) in [6.45, 7) is 0. The van der Waals surface area contributed by atoms with Crippen LogP contribution < -0.4 is 11.1 Å². The molecule has 0 radical (unpaired) electrons. The van der Waals surface area contributed by atoms with Gasteiger partial charge in [-0.1, -0.05) is 29.3 Å². The lowest BCUT2D eigenvalue weighted by atomic mass is 10.1. The monoisotopic (exact) mass is 305 g/mol. The van der Waals surface area contributed by atoms with Crippen LogP contribution in [0.4, 0.5) is 11.4 Å². The van der Waals surface area contributed by atoms with Crippen molar-refractivity contribution in [3.8, 4) is 6.07 Å². The molecule has 4 nitrogen and oxygen atoms in total. The topological polar surface area (TPSA) is 78.9 Å². The molecule has 0 saturated heterocycles. The summed E-state index contributed by atoms with van der Waals surface area (Å²) in [4.78, 5) is 12.1. The van der Waals surface area contributed by atoms with Gasteiger partial charge in [0.2, 0.25) is 0 Å². The largest absolute Gasteiger partial charge is 0.397 e. The predicted octanol–water partition coefficient (Wildman–Crippen LogP) is 3.70. The molecule has 0 atom stereocenters. The molecular formula is C14H9Cl2N3O. The summed E-state index contributed by atoms with van der Waals surface area (Å²) in [6.07, 6.45) is 0. The number of benzene rings is 2. The Morgan fingerprint density at radius 1 is 1.20 bits per heavy atom. The molecule has 0 bridgehead atoms. The van der Waals surface area contributed by atoms with Crippen LogP contribution in [0.2, 0.25) is 10.0 Å². The first-order valence-electron chi connectivity index (χ1n) is 5.58. The van der Waals surface area contributed by atoms with Crippen LogP contribution >= 0.6 is 23.2 Å². The van der Waals surface area contributed by atoms with Gasteiger partial charge < -0.3 is 11.1 Å². The van der Waals surface area contributed by atoms with E-state index in [-0.39, 0.29) is 16.3 Å². The zero-order valence-electron chi connectivity index (χ0n) is 10.2. The van der Waals surface area contributed by atoms with Crippen molar-refractivity contribution in [1.29, 1.82) is 5.26 Å². The average molecular weight is 306 g/mol. The van der Waals surface area contributed by atoms with Gasteiger partial charge in [-0.3, -0.25) is 4.79 Å². The number of nitrogens with zero attached hydrogens (tertiary/aromatic N) is 1. The number of hydrogen-bond donors (Lipinski definition) is 2. The first kappa shape index (κ1) is 14.2. The van der Waals surface area contributed by atoms with Crippen molar-refractivity contribution in [2.45, 2.75) is 0 Å². The standard InChI is InChI=1S/C14H9Cl2N3O/c15-10-3-1-2-9(13(10)18)14(20)19-12-5-4-8(7-17)6-11(12)16/h1-6H,18H2,(H,19,20). The zero-order valence-corrected chi connectivity index (χ0v) is 11.7. The van der Waals surface area contributed by atoms with Gasteiger partial charge in [0.1, 0.15) is 0 Å². The normalized spacial score (nSPS) is 9.85. The number of amides is 1. The van der Waals surface area contributed by atoms with Crippen LogP contribution in [0.25, 0.3) is 0 Å². The van der Waals surface area contributed by atoms with Crippen molar-refractivity contribution in [3.05, 3.63) is 57.6 Å². The van der Waals surface area contributed by atoms with Crippen LogP contribution in [0.5, 0.6) is 0 Å². The summed E-state index contributed by atoms with van der Waals surface area (Å²) in [7, 11) is 0. The molecule has 0 fully saturated rings. The second-order valence-corrected chi connectivity index (χ2v) is 4.78. The van der Waals surface area contributed by atoms with E-state index < -0.39 is 5.91 Å². The highest BCUT2D eigenvalue weighted by molar-refractivity contribution is 6.35. The number of nitrogens with two attached hydrogens (primary N) is 1. The van der Waals surface area contributed by atoms with Crippen LogP contribution in [0.3, 0.4) is 0 Å². The van der Waals surface area contributed by atoms with Crippen LogP contribution in [0, 0.1) is 11.3 Å². The van der Waals surface area contributed by atoms with E-state index in [4.69, 9.17) is 34.2 Å². The molecule has 0 aromatic heterocycles. The summed E-state index contributed by atoms with van der Waals surface area (Å²) >= 11 is 11.9. The number of anilines is 2. The van der Waals surface area contributed by atoms with Gasteiger partial charge in [-0.2, -0.15) is 5.26 Å². The number of nitrogens with one attached hydrogen (secondary N) is 1. The Balaban J connectivity index is 2.29. The van der Waals surface area contributed by atoms with E-state index in [0.717, 1.165) is 0 Å². The van der Waals surface area contributed by atoms with E-state index in [0.29, 0.717) is 16.3 Å². The Morgan fingerprint density at radius 3 is 2.60 bits per heavy atom. The molecule has 0 aliphatic rings. The highest BCUT2D eigenvalue weighted by Gasteiger charge is 2.13. The minimum atomic E-state index is -0.420. The fourth-order valence-corrected chi connectivity index (χ4v) is 2.01. The van der Waals surface area contributed by atoms with Crippen molar-refractivity contribution >= 4 is 40.5 Å². The molecule has 2 aromatic carbocycles. The lowest BCUT2D eigenvalue weighted by Crippen LogP contribution is -2.14. The summed E-state index contributed by atoms with van der Waals surface area (Å²) < 4.78 is 0. The maximum atomic E-state index is 12.1.